The number of esters is 1. The topological polar surface area (TPSA) is 161 Å². The minimum Gasteiger partial charge on any atom is -0.466 e. The fraction of sp³-hybridized carbons (Fsp3) is 0.765. The largest absolute Gasteiger partial charge is 0.466 e. The SMILES string of the molecule is C.CC(C)(C)OC(=O)N1CCC(c2cc(=O)[nH]c(N3CCOCC3)n2)CC1.CCOC(=O)CC(=O)C1CCN(C(=O)OC(C)(C)C)CC1. The van der Waals surface area contributed by atoms with Crippen molar-refractivity contribution in [3.05, 3.63) is 22.1 Å². The Morgan fingerprint density at radius 2 is 1.35 bits per heavy atom. The van der Waals surface area contributed by atoms with E-state index >= 15 is 0 Å². The van der Waals surface area contributed by atoms with Crippen LogP contribution in [0.5, 0.6) is 0 Å². The number of H-pyrrole nitrogens is 1. The Hall–Kier alpha value is -3.68. The molecule has 14 nitrogen and oxygen atoms in total. The zero-order valence-corrected chi connectivity index (χ0v) is 29.1. The summed E-state index contributed by atoms with van der Waals surface area (Å²) in [6.07, 6.45) is 1.89. The monoisotopic (exact) mass is 679 g/mol. The van der Waals surface area contributed by atoms with Crippen LogP contribution >= 0.6 is 0 Å². The summed E-state index contributed by atoms with van der Waals surface area (Å²) in [5.41, 5.74) is -0.340. The number of morpholine rings is 1. The number of piperidine rings is 2. The molecular weight excluding hydrogens is 622 g/mol. The first-order valence-corrected chi connectivity index (χ1v) is 16.6. The van der Waals surface area contributed by atoms with Gasteiger partial charge in [-0.05, 0) is 74.1 Å². The van der Waals surface area contributed by atoms with Crippen molar-refractivity contribution in [3.8, 4) is 0 Å². The highest BCUT2D eigenvalue weighted by molar-refractivity contribution is 5.96. The van der Waals surface area contributed by atoms with Gasteiger partial charge in [0.2, 0.25) is 5.95 Å². The third-order valence-corrected chi connectivity index (χ3v) is 7.85. The molecule has 0 bridgehead atoms. The molecule has 4 heterocycles. The number of likely N-dealkylation sites (tertiary alicyclic amines) is 2. The number of Topliss-reactive ketones (excluding diaryl/α,β-unsaturated/α-hetero) is 1. The molecule has 1 N–H and O–H groups in total. The molecule has 0 aliphatic carbocycles. The minimum atomic E-state index is -0.520. The van der Waals surface area contributed by atoms with E-state index in [0.717, 1.165) is 31.6 Å². The van der Waals surface area contributed by atoms with Crippen molar-refractivity contribution in [2.45, 2.75) is 105 Å². The molecule has 3 aliphatic rings. The zero-order valence-electron chi connectivity index (χ0n) is 29.1. The Bertz CT molecular complexity index is 1260. The summed E-state index contributed by atoms with van der Waals surface area (Å²) in [5.74, 6) is 0.0450. The Balaban J connectivity index is 0.000000335. The molecule has 0 saturated carbocycles. The molecule has 2 amide bonds. The molecule has 272 valence electrons. The van der Waals surface area contributed by atoms with Crippen LogP contribution < -0.4 is 10.5 Å². The van der Waals surface area contributed by atoms with E-state index in [2.05, 4.69) is 4.98 Å². The highest BCUT2D eigenvalue weighted by Gasteiger charge is 2.31. The summed E-state index contributed by atoms with van der Waals surface area (Å²) in [6, 6.07) is 1.58. The predicted octanol–water partition coefficient (Wildman–Crippen LogP) is 4.51. The predicted molar refractivity (Wildman–Crippen MR) is 181 cm³/mol. The Labute approximate surface area is 284 Å². The van der Waals surface area contributed by atoms with Gasteiger partial charge in [0.25, 0.3) is 5.56 Å². The number of hydrogen-bond acceptors (Lipinski definition) is 11. The van der Waals surface area contributed by atoms with Crippen LogP contribution in [0.3, 0.4) is 0 Å². The number of aromatic amines is 1. The van der Waals surface area contributed by atoms with Gasteiger partial charge in [0, 0.05) is 57.2 Å². The molecule has 48 heavy (non-hydrogen) atoms. The quantitative estimate of drug-likeness (QED) is 0.256. The van der Waals surface area contributed by atoms with Gasteiger partial charge in [-0.25, -0.2) is 14.6 Å². The lowest BCUT2D eigenvalue weighted by Gasteiger charge is -2.33. The van der Waals surface area contributed by atoms with Crippen LogP contribution in [-0.2, 0) is 28.5 Å². The van der Waals surface area contributed by atoms with Gasteiger partial charge in [-0.2, -0.15) is 0 Å². The molecule has 1 aromatic heterocycles. The van der Waals surface area contributed by atoms with Gasteiger partial charge >= 0.3 is 18.2 Å². The molecule has 3 aliphatic heterocycles. The van der Waals surface area contributed by atoms with E-state index in [-0.39, 0.29) is 55.8 Å². The molecule has 1 aromatic rings. The second-order valence-electron chi connectivity index (χ2n) is 14.0. The summed E-state index contributed by atoms with van der Waals surface area (Å²) in [5, 5.41) is 0. The second kappa shape index (κ2) is 18.2. The van der Waals surface area contributed by atoms with Crippen molar-refractivity contribution in [2.24, 2.45) is 5.92 Å². The summed E-state index contributed by atoms with van der Waals surface area (Å²) >= 11 is 0. The van der Waals surface area contributed by atoms with E-state index in [0.29, 0.717) is 58.2 Å². The first-order chi connectivity index (χ1) is 22.0. The van der Waals surface area contributed by atoms with Crippen molar-refractivity contribution in [1.82, 2.24) is 19.8 Å². The lowest BCUT2D eigenvalue weighted by Crippen LogP contribution is -2.43. The Morgan fingerprint density at radius 3 is 1.83 bits per heavy atom. The lowest BCUT2D eigenvalue weighted by molar-refractivity contribution is -0.146. The minimum absolute atomic E-state index is 0. The first-order valence-electron chi connectivity index (χ1n) is 16.6. The second-order valence-corrected chi connectivity index (χ2v) is 14.0. The number of anilines is 1. The molecule has 3 saturated heterocycles. The lowest BCUT2D eigenvalue weighted by atomic mass is 9.91. The smallest absolute Gasteiger partial charge is 0.410 e. The third-order valence-electron chi connectivity index (χ3n) is 7.85. The number of carbonyl (C=O) groups is 4. The van der Waals surface area contributed by atoms with E-state index in [9.17, 15) is 24.0 Å². The Kier molecular flexibility index (Phi) is 15.3. The summed E-state index contributed by atoms with van der Waals surface area (Å²) in [4.78, 5) is 72.3. The zero-order chi connectivity index (χ0) is 34.8. The number of ketones is 1. The van der Waals surface area contributed by atoms with Crippen molar-refractivity contribution >= 4 is 29.9 Å². The fourth-order valence-corrected chi connectivity index (χ4v) is 5.49. The Morgan fingerprint density at radius 1 is 0.854 bits per heavy atom. The number of amides is 2. The number of hydrogen-bond donors (Lipinski definition) is 1. The van der Waals surface area contributed by atoms with Crippen LogP contribution in [0.4, 0.5) is 15.5 Å². The van der Waals surface area contributed by atoms with Crippen molar-refractivity contribution in [3.63, 3.8) is 0 Å². The van der Waals surface area contributed by atoms with Gasteiger partial charge in [0.15, 0.2) is 0 Å². The number of rotatable bonds is 6. The maximum Gasteiger partial charge on any atom is 0.410 e. The van der Waals surface area contributed by atoms with Crippen LogP contribution in [0.1, 0.15) is 99.6 Å². The standard InChI is InChI=1S/C18H28N4O4.C15H25NO5.CH4/c1-18(2,3)26-17(24)22-6-4-13(5-7-22)14-12-15(23)20-16(19-14)21-8-10-25-11-9-21;1-5-20-13(18)10-12(17)11-6-8-16(9-7-11)14(19)21-15(2,3)4;/h12-13H,4-11H2,1-3H3,(H,19,20,23);11H,5-10H2,1-4H3;1H4. The number of carbonyl (C=O) groups excluding carboxylic acids is 4. The molecule has 0 radical (unpaired) electrons. The molecule has 14 heteroatoms. The molecular formula is C34H57N5O9. The van der Waals surface area contributed by atoms with Crippen molar-refractivity contribution in [1.29, 1.82) is 0 Å². The molecule has 0 aromatic carbocycles. The van der Waals surface area contributed by atoms with Crippen molar-refractivity contribution in [2.75, 3.05) is 64.0 Å². The maximum atomic E-state index is 12.2. The van der Waals surface area contributed by atoms with Crippen molar-refractivity contribution < 1.29 is 38.1 Å². The summed E-state index contributed by atoms with van der Waals surface area (Å²) < 4.78 is 20.9. The van der Waals surface area contributed by atoms with E-state index in [1.54, 1.807) is 22.8 Å². The van der Waals surface area contributed by atoms with Crippen LogP contribution in [0.2, 0.25) is 0 Å². The summed E-state index contributed by atoms with van der Waals surface area (Å²) in [6.45, 7) is 18.0. The number of aromatic nitrogens is 2. The normalized spacial score (nSPS) is 17.8. The molecule has 4 rings (SSSR count). The number of nitrogens with zero attached hydrogens (tertiary/aromatic N) is 4. The van der Waals surface area contributed by atoms with Gasteiger partial charge in [0.1, 0.15) is 23.4 Å². The van der Waals surface area contributed by atoms with E-state index in [1.807, 2.05) is 46.4 Å². The number of nitrogens with one attached hydrogen (secondary N) is 1. The summed E-state index contributed by atoms with van der Waals surface area (Å²) in [7, 11) is 0. The molecule has 0 unspecified atom stereocenters. The van der Waals surface area contributed by atoms with Gasteiger partial charge in [-0.1, -0.05) is 7.43 Å². The fourth-order valence-electron chi connectivity index (χ4n) is 5.49. The van der Waals surface area contributed by atoms with E-state index in [1.165, 1.54) is 0 Å². The first kappa shape index (κ1) is 40.5. The average molecular weight is 680 g/mol. The average Bonchev–Trinajstić information content (AvgIpc) is 3.00. The van der Waals surface area contributed by atoms with Gasteiger partial charge in [0.05, 0.1) is 25.5 Å². The molecule has 0 atom stereocenters. The molecule has 3 fully saturated rings. The van der Waals surface area contributed by atoms with Gasteiger partial charge < -0.3 is 33.6 Å². The van der Waals surface area contributed by atoms with Gasteiger partial charge in [-0.15, -0.1) is 0 Å². The highest BCUT2D eigenvalue weighted by atomic mass is 16.6. The van der Waals surface area contributed by atoms with Crippen LogP contribution in [0.15, 0.2) is 10.9 Å². The highest BCUT2D eigenvalue weighted by Crippen LogP contribution is 2.28. The molecule has 0 spiro atoms. The van der Waals surface area contributed by atoms with Crippen LogP contribution in [0, 0.1) is 5.92 Å². The maximum absolute atomic E-state index is 12.2. The van der Waals surface area contributed by atoms with E-state index in [4.69, 9.17) is 23.9 Å². The third kappa shape index (κ3) is 13.4. The van der Waals surface area contributed by atoms with Gasteiger partial charge in [-0.3, -0.25) is 19.4 Å². The van der Waals surface area contributed by atoms with Crippen LogP contribution in [0.25, 0.3) is 0 Å². The van der Waals surface area contributed by atoms with E-state index < -0.39 is 17.2 Å². The number of ether oxygens (including phenoxy) is 4. The van der Waals surface area contributed by atoms with Crippen LogP contribution in [-0.4, -0.2) is 114 Å².